The summed E-state index contributed by atoms with van der Waals surface area (Å²) in [6, 6.07) is 27.0. The van der Waals surface area contributed by atoms with Gasteiger partial charge in [-0.2, -0.15) is 95.1 Å². The van der Waals surface area contributed by atoms with Crippen molar-refractivity contribution in [2.75, 3.05) is 0 Å². The molecule has 0 saturated heterocycles. The Balaban J connectivity index is -0.0000000640. The van der Waals surface area contributed by atoms with Crippen molar-refractivity contribution in [2.45, 2.75) is 54.5 Å². The Bertz CT molecular complexity index is 1160. The van der Waals surface area contributed by atoms with Crippen LogP contribution in [0.3, 0.4) is 0 Å². The molecule has 9 heteroatoms. The first-order valence-corrected chi connectivity index (χ1v) is 11.9. The average molecular weight is 861 g/mol. The summed E-state index contributed by atoms with van der Waals surface area (Å²) in [7, 11) is 0. The first-order chi connectivity index (χ1) is 17.3. The van der Waals surface area contributed by atoms with Crippen molar-refractivity contribution in [1.29, 1.82) is 0 Å². The second-order valence-corrected chi connectivity index (χ2v) is 8.47. The van der Waals surface area contributed by atoms with Gasteiger partial charge in [-0.3, -0.25) is 9.59 Å². The second kappa shape index (κ2) is 37.4. The number of amides is 2. The second-order valence-electron chi connectivity index (χ2n) is 8.47. The minimum atomic E-state index is -0.101. The van der Waals surface area contributed by atoms with E-state index in [1.807, 2.05) is 70.2 Å². The van der Waals surface area contributed by atoms with E-state index < -0.39 is 0 Å². The first-order valence-electron chi connectivity index (χ1n) is 11.9. The number of aryl methyl sites for hydroxylation is 4. The van der Waals surface area contributed by atoms with Gasteiger partial charge >= 0.3 is 0 Å². The Hall–Kier alpha value is -0.0639. The van der Waals surface area contributed by atoms with E-state index in [1.165, 1.54) is 36.7 Å². The Morgan fingerprint density at radius 3 is 1.50 bits per heavy atom. The Kier molecular flexibility index (Phi) is 53.3. The molecule has 2 amide bonds. The number of benzene rings is 3. The largest absolute Gasteiger partial charge is 0.358 e. The molecule has 3 aromatic rings. The molecule has 3 aromatic carbocycles. The maximum absolute atomic E-state index is 10.7. The van der Waals surface area contributed by atoms with Crippen LogP contribution < -0.4 is 16.4 Å². The topological polar surface area (TPSA) is 84.2 Å². The van der Waals surface area contributed by atoms with Gasteiger partial charge in [0.2, 0.25) is 11.8 Å². The summed E-state index contributed by atoms with van der Waals surface area (Å²) in [6.45, 7) is 20.0. The molecule has 0 fully saturated rings. The van der Waals surface area contributed by atoms with Crippen LogP contribution in [0.15, 0.2) is 74.0 Å². The van der Waals surface area contributed by atoms with Crippen LogP contribution >= 0.6 is 0 Å². The van der Waals surface area contributed by atoms with Crippen LogP contribution in [0.25, 0.3) is 5.70 Å². The van der Waals surface area contributed by atoms with Gasteiger partial charge in [0.25, 0.3) is 0 Å². The number of carbonyl (C=O) groups excluding carboxylic acids is 2. The molecule has 5 nitrogen and oxygen atoms in total. The van der Waals surface area contributed by atoms with Gasteiger partial charge in [-0.1, -0.05) is 40.9 Å². The molecule has 0 spiro atoms. The molecular formula is C35H49N3O2VY3-6. The van der Waals surface area contributed by atoms with E-state index in [1.54, 1.807) is 0 Å². The third-order valence-electron chi connectivity index (χ3n) is 4.52. The quantitative estimate of drug-likeness (QED) is 0.239. The minimum absolute atomic E-state index is 0. The van der Waals surface area contributed by atoms with Gasteiger partial charge in [-0.05, 0) is 13.1 Å². The van der Waals surface area contributed by atoms with Gasteiger partial charge in [0.05, 0.1) is 0 Å². The van der Waals surface area contributed by atoms with E-state index in [0.29, 0.717) is 5.70 Å². The molecule has 0 heterocycles. The molecule has 0 aliphatic heterocycles. The maximum Gasteiger partial charge on any atom is 0.221 e. The van der Waals surface area contributed by atoms with Gasteiger partial charge < -0.3 is 38.6 Å². The fourth-order valence-corrected chi connectivity index (χ4v) is 2.83. The van der Waals surface area contributed by atoms with E-state index in [9.17, 15) is 9.59 Å². The van der Waals surface area contributed by atoms with Gasteiger partial charge in [0.1, 0.15) is 0 Å². The maximum atomic E-state index is 10.7. The molecule has 0 saturated carbocycles. The summed E-state index contributed by atoms with van der Waals surface area (Å²) in [5.41, 5.74) is 13.1. The molecule has 44 heavy (non-hydrogen) atoms. The summed E-state index contributed by atoms with van der Waals surface area (Å²) in [5, 5.41) is 4.97. The molecule has 236 valence electrons. The third kappa shape index (κ3) is 34.8. The number of nitrogens with one attached hydrogen (secondary N) is 2. The van der Waals surface area contributed by atoms with Crippen molar-refractivity contribution < 1.29 is 126 Å². The molecule has 4 N–H and O–H groups in total. The molecule has 0 aliphatic carbocycles. The van der Waals surface area contributed by atoms with Crippen molar-refractivity contribution in [3.05, 3.63) is 148 Å². The van der Waals surface area contributed by atoms with Crippen LogP contribution in [-0.4, -0.2) is 11.8 Å². The molecular weight excluding hydrogens is 812 g/mol. The average Bonchev–Trinajstić information content (AvgIpc) is 2.80. The summed E-state index contributed by atoms with van der Waals surface area (Å²) in [4.78, 5) is 20.6. The fourth-order valence-electron chi connectivity index (χ4n) is 2.83. The van der Waals surface area contributed by atoms with Crippen molar-refractivity contribution in [1.82, 2.24) is 10.6 Å². The number of carbonyl (C=O) groups is 2. The normalized spacial score (nSPS) is 8.36. The van der Waals surface area contributed by atoms with Gasteiger partial charge in [0.15, 0.2) is 0 Å². The molecule has 0 bridgehead atoms. The van der Waals surface area contributed by atoms with Crippen LogP contribution in [0.4, 0.5) is 0 Å². The van der Waals surface area contributed by atoms with Gasteiger partial charge in [0, 0.05) is 142 Å². The van der Waals surface area contributed by atoms with E-state index in [2.05, 4.69) is 61.0 Å². The van der Waals surface area contributed by atoms with Crippen LogP contribution in [0, 0.1) is 68.2 Å². The molecule has 1 atom stereocenters. The standard InChI is InChI=1S/C11H12NO.C9H12N.C8H9.C4H7NO.3CH3.V.3Y/c1-8-5-4-6-11(7-8)9(2)12-10(3)13;1-7-4-3-5-9(6-7)8(2)10;1-7-4-3-5-8(2)6-7;1-3-5-4(2)6;;;;;;;/h4,6-7H,2H2,1,3H3,(H,12,13);3,5-6,8H,10H2,1-2H3;3-4,6H,1-2H3;3H,1H2,2H3,(H,5,6);3*1H3;;;;/q3*-1;;3*-1;;;;/t;8-;;;;;;;;;/m.0........./s1. The van der Waals surface area contributed by atoms with Gasteiger partial charge in [-0.25, -0.2) is 0 Å². The summed E-state index contributed by atoms with van der Waals surface area (Å²) in [5.74, 6) is -0.180. The molecule has 0 aromatic heterocycles. The van der Waals surface area contributed by atoms with Crippen molar-refractivity contribution in [2.24, 2.45) is 5.73 Å². The zero-order valence-corrected chi connectivity index (χ0v) is 38.2. The van der Waals surface area contributed by atoms with E-state index in [-0.39, 0.29) is 157 Å². The SMILES string of the molecule is C=C(NC(C)=O)c1cc[c-]c(C)c1.C=CNC(C)=O.Cc1[c-]ccc(C)c1.Cc1[c-]ccc([C@H](C)N)c1.[CH3-].[CH3-].[CH3-].[V].[Y].[Y].[Y]. The predicted octanol–water partition coefficient (Wildman–Crippen LogP) is 7.43. The smallest absolute Gasteiger partial charge is 0.221 e. The summed E-state index contributed by atoms with van der Waals surface area (Å²) in [6.07, 6.45) is 1.35. The molecule has 0 aliphatic rings. The monoisotopic (exact) mass is 861 g/mol. The summed E-state index contributed by atoms with van der Waals surface area (Å²) < 4.78 is 0. The van der Waals surface area contributed by atoms with Gasteiger partial charge in [-0.15, -0.1) is 11.1 Å². The van der Waals surface area contributed by atoms with E-state index >= 15 is 0 Å². The predicted molar refractivity (Wildman–Crippen MR) is 173 cm³/mol. The number of hydrogen-bond donors (Lipinski definition) is 3. The van der Waals surface area contributed by atoms with Crippen LogP contribution in [-0.2, 0) is 126 Å². The molecule has 4 radical (unpaired) electrons. The molecule has 3 rings (SSSR count). The Morgan fingerprint density at radius 1 is 0.795 bits per heavy atom. The number of rotatable bonds is 4. The Labute approximate surface area is 357 Å². The zero-order chi connectivity index (χ0) is 28.4. The van der Waals surface area contributed by atoms with E-state index in [4.69, 9.17) is 5.73 Å². The molecule has 0 unspecified atom stereocenters. The van der Waals surface area contributed by atoms with E-state index in [0.717, 1.165) is 16.7 Å². The van der Waals surface area contributed by atoms with Crippen molar-refractivity contribution >= 4 is 17.5 Å². The van der Waals surface area contributed by atoms with Crippen molar-refractivity contribution in [3.8, 4) is 0 Å². The van der Waals surface area contributed by atoms with Crippen LogP contribution in [0.2, 0.25) is 0 Å². The zero-order valence-electron chi connectivity index (χ0n) is 28.3. The number of nitrogens with two attached hydrogens (primary N) is 1. The van der Waals surface area contributed by atoms with Crippen LogP contribution in [0.1, 0.15) is 60.2 Å². The van der Waals surface area contributed by atoms with Crippen molar-refractivity contribution in [3.63, 3.8) is 0 Å². The Morgan fingerprint density at radius 2 is 1.23 bits per heavy atom. The minimum Gasteiger partial charge on any atom is -0.358 e. The number of hydrogen-bond acceptors (Lipinski definition) is 3. The third-order valence-corrected chi connectivity index (χ3v) is 4.52. The van der Waals surface area contributed by atoms with Crippen LogP contribution in [0.5, 0.6) is 0 Å². The summed E-state index contributed by atoms with van der Waals surface area (Å²) >= 11 is 0. The fraction of sp³-hybridized carbons (Fsp3) is 0.229. The first kappa shape index (κ1) is 62.7.